The van der Waals surface area contributed by atoms with Crippen molar-refractivity contribution >= 4 is 11.9 Å². The molecule has 0 saturated carbocycles. The fourth-order valence-corrected chi connectivity index (χ4v) is 1.80. The zero-order valence-electron chi connectivity index (χ0n) is 12.1. The normalized spacial score (nSPS) is 11.2. The van der Waals surface area contributed by atoms with Gasteiger partial charge in [0, 0.05) is 6.20 Å². The first-order chi connectivity index (χ1) is 9.81. The molecule has 0 unspecified atom stereocenters. The molecule has 2 aromatic rings. The Kier molecular flexibility index (Phi) is 3.80. The number of aromatic nitrogens is 2. The third kappa shape index (κ3) is 3.10. The Morgan fingerprint density at radius 3 is 2.57 bits per heavy atom. The van der Waals surface area contributed by atoms with Crippen LogP contribution in [0, 0.1) is 6.92 Å². The van der Waals surface area contributed by atoms with Crippen LogP contribution in [0.3, 0.4) is 0 Å². The number of aryl methyl sites for hydroxylation is 1. The highest BCUT2D eigenvalue weighted by Gasteiger charge is 2.29. The summed E-state index contributed by atoms with van der Waals surface area (Å²) in [7, 11) is 0. The number of hydrogen-bond donors (Lipinski definition) is 2. The van der Waals surface area contributed by atoms with Crippen molar-refractivity contribution in [2.24, 2.45) is 0 Å². The van der Waals surface area contributed by atoms with Crippen molar-refractivity contribution in [3.63, 3.8) is 0 Å². The molecule has 2 rings (SSSR count). The molecule has 21 heavy (non-hydrogen) atoms. The van der Waals surface area contributed by atoms with Gasteiger partial charge in [-0.25, -0.2) is 9.48 Å². The molecule has 0 aliphatic heterocycles. The number of para-hydroxylation sites is 1. The first-order valence-corrected chi connectivity index (χ1v) is 6.48. The first-order valence-electron chi connectivity index (χ1n) is 6.48. The summed E-state index contributed by atoms with van der Waals surface area (Å²) in [6.45, 7) is 4.81. The van der Waals surface area contributed by atoms with E-state index in [1.54, 1.807) is 10.9 Å². The number of nitrogens with one attached hydrogen (secondary N) is 1. The fraction of sp³-hybridized carbons (Fsp3) is 0.267. The van der Waals surface area contributed by atoms with Gasteiger partial charge in [-0.1, -0.05) is 18.2 Å². The molecule has 0 aliphatic rings. The molecule has 2 N–H and O–H groups in total. The van der Waals surface area contributed by atoms with E-state index < -0.39 is 17.4 Å². The minimum atomic E-state index is -1.33. The van der Waals surface area contributed by atoms with Gasteiger partial charge in [0.15, 0.2) is 0 Å². The smallest absolute Gasteiger partial charge is 0.328 e. The maximum Gasteiger partial charge on any atom is 0.328 e. The summed E-state index contributed by atoms with van der Waals surface area (Å²) >= 11 is 0. The summed E-state index contributed by atoms with van der Waals surface area (Å²) in [4.78, 5) is 23.1. The Hall–Kier alpha value is -2.63. The number of carboxylic acids is 1. The SMILES string of the molecule is Cc1ccccc1-n1cc(C(=O)NC(C)(C)C(=O)O)cn1. The zero-order chi connectivity index (χ0) is 15.6. The van der Waals surface area contributed by atoms with Gasteiger partial charge >= 0.3 is 5.97 Å². The zero-order valence-corrected chi connectivity index (χ0v) is 12.1. The van der Waals surface area contributed by atoms with E-state index in [-0.39, 0.29) is 0 Å². The maximum absolute atomic E-state index is 12.1. The van der Waals surface area contributed by atoms with Crippen molar-refractivity contribution in [1.82, 2.24) is 15.1 Å². The van der Waals surface area contributed by atoms with Crippen molar-refractivity contribution in [1.29, 1.82) is 0 Å². The molecule has 1 amide bonds. The summed E-state index contributed by atoms with van der Waals surface area (Å²) in [5, 5.41) is 15.6. The van der Waals surface area contributed by atoms with Crippen molar-refractivity contribution < 1.29 is 14.7 Å². The molecule has 0 bridgehead atoms. The van der Waals surface area contributed by atoms with E-state index in [0.717, 1.165) is 11.3 Å². The molecule has 1 heterocycles. The highest BCUT2D eigenvalue weighted by Crippen LogP contribution is 2.13. The van der Waals surface area contributed by atoms with E-state index >= 15 is 0 Å². The Bertz CT molecular complexity index is 689. The Morgan fingerprint density at radius 1 is 1.29 bits per heavy atom. The molecule has 1 aromatic heterocycles. The number of amides is 1. The number of carbonyl (C=O) groups is 2. The van der Waals surface area contributed by atoms with Crippen LogP contribution in [-0.4, -0.2) is 32.3 Å². The van der Waals surface area contributed by atoms with Crippen LogP contribution in [0.25, 0.3) is 5.69 Å². The van der Waals surface area contributed by atoms with Crippen molar-refractivity contribution in [2.75, 3.05) is 0 Å². The molecular formula is C15H17N3O3. The lowest BCUT2D eigenvalue weighted by atomic mass is 10.1. The lowest BCUT2D eigenvalue weighted by molar-refractivity contribution is -0.143. The van der Waals surface area contributed by atoms with Crippen molar-refractivity contribution in [2.45, 2.75) is 26.3 Å². The quantitative estimate of drug-likeness (QED) is 0.897. The highest BCUT2D eigenvalue weighted by molar-refractivity contribution is 5.97. The number of hydrogen-bond acceptors (Lipinski definition) is 3. The van der Waals surface area contributed by atoms with E-state index in [4.69, 9.17) is 5.11 Å². The van der Waals surface area contributed by atoms with Gasteiger partial charge in [0.2, 0.25) is 0 Å². The summed E-state index contributed by atoms with van der Waals surface area (Å²) < 4.78 is 1.60. The molecule has 0 saturated heterocycles. The van der Waals surface area contributed by atoms with Gasteiger partial charge in [0.05, 0.1) is 17.4 Å². The van der Waals surface area contributed by atoms with E-state index in [9.17, 15) is 9.59 Å². The Balaban J connectivity index is 2.23. The number of benzene rings is 1. The summed E-state index contributed by atoms with van der Waals surface area (Å²) in [6.07, 6.45) is 3.00. The van der Waals surface area contributed by atoms with Crippen molar-refractivity contribution in [3.05, 3.63) is 47.8 Å². The van der Waals surface area contributed by atoms with Gasteiger partial charge in [0.1, 0.15) is 5.54 Å². The molecule has 0 aliphatic carbocycles. The van der Waals surface area contributed by atoms with Crippen LogP contribution >= 0.6 is 0 Å². The third-order valence-electron chi connectivity index (χ3n) is 3.17. The van der Waals surface area contributed by atoms with Crippen LogP contribution in [0.1, 0.15) is 29.8 Å². The second-order valence-corrected chi connectivity index (χ2v) is 5.34. The molecule has 110 valence electrons. The van der Waals surface area contributed by atoms with Crippen LogP contribution < -0.4 is 5.32 Å². The van der Waals surface area contributed by atoms with E-state index in [2.05, 4.69) is 10.4 Å². The molecule has 0 fully saturated rings. The van der Waals surface area contributed by atoms with Gasteiger partial charge in [-0.15, -0.1) is 0 Å². The molecule has 0 atom stereocenters. The average Bonchev–Trinajstić information content (AvgIpc) is 2.88. The number of nitrogens with zero attached hydrogens (tertiary/aromatic N) is 2. The monoisotopic (exact) mass is 287 g/mol. The van der Waals surface area contributed by atoms with Gasteiger partial charge in [-0.2, -0.15) is 5.10 Å². The van der Waals surface area contributed by atoms with E-state index in [1.807, 2.05) is 31.2 Å². The third-order valence-corrected chi connectivity index (χ3v) is 3.17. The van der Waals surface area contributed by atoms with Gasteiger partial charge < -0.3 is 10.4 Å². The molecule has 0 spiro atoms. The van der Waals surface area contributed by atoms with Gasteiger partial charge in [0.25, 0.3) is 5.91 Å². The Labute approximate surface area is 122 Å². The fourth-order valence-electron chi connectivity index (χ4n) is 1.80. The van der Waals surface area contributed by atoms with Gasteiger partial charge in [-0.05, 0) is 32.4 Å². The molecule has 6 nitrogen and oxygen atoms in total. The molecule has 6 heteroatoms. The second-order valence-electron chi connectivity index (χ2n) is 5.34. The summed E-state index contributed by atoms with van der Waals surface area (Å²) in [5.74, 6) is -1.57. The Morgan fingerprint density at radius 2 is 1.95 bits per heavy atom. The predicted molar refractivity (Wildman–Crippen MR) is 77.5 cm³/mol. The summed E-state index contributed by atoms with van der Waals surface area (Å²) in [6, 6.07) is 7.65. The predicted octanol–water partition coefficient (Wildman–Crippen LogP) is 1.77. The second kappa shape index (κ2) is 5.40. The number of aliphatic carboxylic acids is 1. The largest absolute Gasteiger partial charge is 0.480 e. The first kappa shape index (κ1) is 14.8. The van der Waals surface area contributed by atoms with E-state index in [0.29, 0.717) is 5.56 Å². The maximum atomic E-state index is 12.1. The minimum Gasteiger partial charge on any atom is -0.480 e. The van der Waals surface area contributed by atoms with Gasteiger partial charge in [-0.3, -0.25) is 4.79 Å². The molecule has 0 radical (unpaired) electrons. The van der Waals surface area contributed by atoms with Crippen LogP contribution in [0.15, 0.2) is 36.7 Å². The standard InChI is InChI=1S/C15H17N3O3/c1-10-6-4-5-7-12(10)18-9-11(8-16-18)13(19)17-15(2,3)14(20)21/h4-9H,1-3H3,(H,17,19)(H,20,21). The number of rotatable bonds is 4. The van der Waals surface area contributed by atoms with Crippen LogP contribution in [-0.2, 0) is 4.79 Å². The highest BCUT2D eigenvalue weighted by atomic mass is 16.4. The van der Waals surface area contributed by atoms with E-state index in [1.165, 1.54) is 20.0 Å². The average molecular weight is 287 g/mol. The topological polar surface area (TPSA) is 84.2 Å². The lowest BCUT2D eigenvalue weighted by Gasteiger charge is -2.20. The number of carboxylic acid groups (broad SMARTS) is 1. The van der Waals surface area contributed by atoms with Crippen LogP contribution in [0.5, 0.6) is 0 Å². The molecule has 1 aromatic carbocycles. The molecular weight excluding hydrogens is 270 g/mol. The minimum absolute atomic E-state index is 0.313. The lowest BCUT2D eigenvalue weighted by Crippen LogP contribution is -2.49. The van der Waals surface area contributed by atoms with Crippen LogP contribution in [0.4, 0.5) is 0 Å². The van der Waals surface area contributed by atoms with Crippen LogP contribution in [0.2, 0.25) is 0 Å². The van der Waals surface area contributed by atoms with Crippen molar-refractivity contribution in [3.8, 4) is 5.69 Å². The summed E-state index contributed by atoms with van der Waals surface area (Å²) in [5.41, 5.74) is 0.877. The number of carbonyl (C=O) groups excluding carboxylic acids is 1.